The molecule has 0 aromatic rings. The van der Waals surface area contributed by atoms with Gasteiger partial charge in [0.25, 0.3) is 0 Å². The number of rotatable bonds is 7. The lowest BCUT2D eigenvalue weighted by molar-refractivity contribution is 0.00940. The summed E-state index contributed by atoms with van der Waals surface area (Å²) in [5, 5.41) is 0. The zero-order valence-corrected chi connectivity index (χ0v) is 11.3. The van der Waals surface area contributed by atoms with E-state index >= 15 is 0 Å². The highest BCUT2D eigenvalue weighted by atomic mass is 16.5. The molecule has 1 aliphatic rings. The van der Waals surface area contributed by atoms with Crippen LogP contribution in [-0.2, 0) is 4.74 Å². The molecule has 2 N–H and O–H groups in total. The van der Waals surface area contributed by atoms with E-state index in [1.807, 2.05) is 0 Å². The molecule has 3 nitrogen and oxygen atoms in total. The summed E-state index contributed by atoms with van der Waals surface area (Å²) < 4.78 is 5.60. The first-order chi connectivity index (χ1) is 7.44. The Kier molecular flexibility index (Phi) is 5.22. The van der Waals surface area contributed by atoms with Gasteiger partial charge in [-0.25, -0.2) is 0 Å². The van der Waals surface area contributed by atoms with Crippen LogP contribution in [0.1, 0.15) is 34.1 Å². The van der Waals surface area contributed by atoms with E-state index in [1.54, 1.807) is 0 Å². The second kappa shape index (κ2) is 5.99. The Morgan fingerprint density at radius 2 is 1.81 bits per heavy atom. The van der Waals surface area contributed by atoms with Crippen LogP contribution in [0.15, 0.2) is 0 Å². The van der Waals surface area contributed by atoms with E-state index in [-0.39, 0.29) is 5.54 Å². The molecule has 0 aromatic carbocycles. The monoisotopic (exact) mass is 228 g/mol. The average molecular weight is 228 g/mol. The topological polar surface area (TPSA) is 38.5 Å². The molecule has 0 aliphatic carbocycles. The molecule has 0 amide bonds. The van der Waals surface area contributed by atoms with Crippen molar-refractivity contribution < 1.29 is 4.74 Å². The maximum atomic E-state index is 6.22. The van der Waals surface area contributed by atoms with Crippen molar-refractivity contribution in [3.63, 3.8) is 0 Å². The van der Waals surface area contributed by atoms with Gasteiger partial charge in [-0.2, -0.15) is 0 Å². The van der Waals surface area contributed by atoms with Crippen molar-refractivity contribution in [2.45, 2.75) is 39.7 Å². The fourth-order valence-electron chi connectivity index (χ4n) is 1.92. The fraction of sp³-hybridized carbons (Fsp3) is 1.00. The lowest BCUT2D eigenvalue weighted by Gasteiger charge is -2.50. The molecule has 1 aliphatic heterocycles. The zero-order chi connectivity index (χ0) is 12.2. The highest BCUT2D eigenvalue weighted by Gasteiger charge is 2.41. The van der Waals surface area contributed by atoms with Gasteiger partial charge in [-0.15, -0.1) is 0 Å². The van der Waals surface area contributed by atoms with Gasteiger partial charge < -0.3 is 10.5 Å². The van der Waals surface area contributed by atoms with Crippen molar-refractivity contribution in [2.75, 3.05) is 32.8 Å². The smallest absolute Gasteiger partial charge is 0.0593 e. The summed E-state index contributed by atoms with van der Waals surface area (Å²) in [6.45, 7) is 13.7. The molecule has 96 valence electrons. The van der Waals surface area contributed by atoms with Crippen LogP contribution >= 0.6 is 0 Å². The quantitative estimate of drug-likeness (QED) is 0.674. The van der Waals surface area contributed by atoms with Crippen LogP contribution in [0.2, 0.25) is 0 Å². The van der Waals surface area contributed by atoms with E-state index in [0.717, 1.165) is 45.2 Å². The summed E-state index contributed by atoms with van der Waals surface area (Å²) in [4.78, 5) is 2.38. The minimum Gasteiger partial charge on any atom is -0.380 e. The molecule has 0 radical (unpaired) electrons. The Balaban J connectivity index is 1.97. The van der Waals surface area contributed by atoms with Crippen LogP contribution in [-0.4, -0.2) is 43.3 Å². The number of hydrogen-bond acceptors (Lipinski definition) is 3. The number of ether oxygens (including phenoxy) is 1. The summed E-state index contributed by atoms with van der Waals surface area (Å²) in [6, 6.07) is 0. The van der Waals surface area contributed by atoms with Crippen molar-refractivity contribution >= 4 is 0 Å². The molecule has 1 saturated heterocycles. The second-order valence-electron chi connectivity index (χ2n) is 5.89. The predicted molar refractivity (Wildman–Crippen MR) is 68.5 cm³/mol. The Morgan fingerprint density at radius 3 is 2.31 bits per heavy atom. The second-order valence-corrected chi connectivity index (χ2v) is 5.89. The first kappa shape index (κ1) is 13.9. The lowest BCUT2D eigenvalue weighted by atomic mass is 9.80. The molecule has 1 heterocycles. The van der Waals surface area contributed by atoms with Gasteiger partial charge in [0.05, 0.1) is 6.61 Å². The van der Waals surface area contributed by atoms with Crippen molar-refractivity contribution in [1.82, 2.24) is 4.90 Å². The van der Waals surface area contributed by atoms with Crippen molar-refractivity contribution in [2.24, 2.45) is 17.6 Å². The van der Waals surface area contributed by atoms with Gasteiger partial charge in [0, 0.05) is 31.8 Å². The van der Waals surface area contributed by atoms with Crippen LogP contribution in [0, 0.1) is 11.8 Å². The highest BCUT2D eigenvalue weighted by molar-refractivity contribution is 5.01. The predicted octanol–water partition coefficient (Wildman–Crippen LogP) is 1.72. The minimum absolute atomic E-state index is 0.0535. The number of nitrogens with zero attached hydrogens (tertiary/aromatic N) is 1. The van der Waals surface area contributed by atoms with Gasteiger partial charge in [-0.3, -0.25) is 4.90 Å². The third-order valence-electron chi connectivity index (χ3n) is 3.58. The molecule has 0 saturated carbocycles. The summed E-state index contributed by atoms with van der Waals surface area (Å²) in [6.07, 6.45) is 1.16. The van der Waals surface area contributed by atoms with E-state index < -0.39 is 0 Å². The maximum absolute atomic E-state index is 6.22. The van der Waals surface area contributed by atoms with Crippen LogP contribution in [0.25, 0.3) is 0 Å². The molecule has 3 heteroatoms. The SMILES string of the molecule is CC(C)CCOCCN1CC(N)(C(C)C)C1. The fourth-order valence-corrected chi connectivity index (χ4v) is 1.92. The van der Waals surface area contributed by atoms with Crippen molar-refractivity contribution in [3.05, 3.63) is 0 Å². The van der Waals surface area contributed by atoms with Crippen molar-refractivity contribution in [1.29, 1.82) is 0 Å². The van der Waals surface area contributed by atoms with Crippen LogP contribution in [0.4, 0.5) is 0 Å². The first-order valence-electron chi connectivity index (χ1n) is 6.53. The lowest BCUT2D eigenvalue weighted by Crippen LogP contribution is -2.70. The Labute approximate surface area is 100 Å². The van der Waals surface area contributed by atoms with Crippen molar-refractivity contribution in [3.8, 4) is 0 Å². The minimum atomic E-state index is 0.0535. The standard InChI is InChI=1S/C13H28N2O/c1-11(2)5-7-16-8-6-15-9-13(14,10-15)12(3)4/h11-12H,5-10,14H2,1-4H3. The molecule has 16 heavy (non-hydrogen) atoms. The van der Waals surface area contributed by atoms with Crippen LogP contribution < -0.4 is 5.73 Å². The number of hydrogen-bond donors (Lipinski definition) is 1. The molecule has 1 rings (SSSR count). The van der Waals surface area contributed by atoms with E-state index in [4.69, 9.17) is 10.5 Å². The molecular formula is C13H28N2O. The molecule has 0 atom stereocenters. The summed E-state index contributed by atoms with van der Waals surface area (Å²) in [5.74, 6) is 1.31. The maximum Gasteiger partial charge on any atom is 0.0593 e. The first-order valence-corrected chi connectivity index (χ1v) is 6.53. The van der Waals surface area contributed by atoms with E-state index in [1.165, 1.54) is 0 Å². The summed E-state index contributed by atoms with van der Waals surface area (Å²) >= 11 is 0. The van der Waals surface area contributed by atoms with E-state index in [9.17, 15) is 0 Å². The molecule has 0 spiro atoms. The summed E-state index contributed by atoms with van der Waals surface area (Å²) in [5.41, 5.74) is 6.28. The normalized spacial score (nSPS) is 20.4. The van der Waals surface area contributed by atoms with Crippen LogP contribution in [0.3, 0.4) is 0 Å². The molecule has 0 aromatic heterocycles. The Hall–Kier alpha value is -0.120. The molecular weight excluding hydrogens is 200 g/mol. The van der Waals surface area contributed by atoms with Crippen LogP contribution in [0.5, 0.6) is 0 Å². The molecule has 1 fully saturated rings. The van der Waals surface area contributed by atoms with Gasteiger partial charge in [0.2, 0.25) is 0 Å². The largest absolute Gasteiger partial charge is 0.380 e. The van der Waals surface area contributed by atoms with Gasteiger partial charge in [-0.05, 0) is 18.3 Å². The summed E-state index contributed by atoms with van der Waals surface area (Å²) in [7, 11) is 0. The van der Waals surface area contributed by atoms with E-state index in [2.05, 4.69) is 32.6 Å². The Morgan fingerprint density at radius 1 is 1.19 bits per heavy atom. The van der Waals surface area contributed by atoms with Gasteiger partial charge in [-0.1, -0.05) is 27.7 Å². The molecule has 0 unspecified atom stereocenters. The van der Waals surface area contributed by atoms with Gasteiger partial charge >= 0.3 is 0 Å². The third-order valence-corrected chi connectivity index (χ3v) is 3.58. The highest BCUT2D eigenvalue weighted by Crippen LogP contribution is 2.25. The number of nitrogens with two attached hydrogens (primary N) is 1. The van der Waals surface area contributed by atoms with E-state index in [0.29, 0.717) is 5.92 Å². The molecule has 0 bridgehead atoms. The number of likely N-dealkylation sites (tertiary alicyclic amines) is 1. The van der Waals surface area contributed by atoms with Gasteiger partial charge in [0.15, 0.2) is 0 Å². The average Bonchev–Trinajstić information content (AvgIpc) is 2.13. The Bertz CT molecular complexity index is 198. The third kappa shape index (κ3) is 4.04. The van der Waals surface area contributed by atoms with Gasteiger partial charge in [0.1, 0.15) is 0 Å². The zero-order valence-electron chi connectivity index (χ0n) is 11.3.